The molecule has 0 aromatic rings. The molecule has 0 unspecified atom stereocenters. The van der Waals surface area contributed by atoms with Crippen LogP contribution in [-0.2, 0) is 4.79 Å². The Labute approximate surface area is 68.9 Å². The molecule has 0 bridgehead atoms. The van der Waals surface area contributed by atoms with Crippen molar-refractivity contribution in [3.05, 3.63) is 12.2 Å². The maximum atomic E-state index is 10.0. The van der Waals surface area contributed by atoms with Crippen LogP contribution in [-0.4, -0.2) is 19.1 Å². The van der Waals surface area contributed by atoms with Crippen LogP contribution < -0.4 is 0 Å². The van der Waals surface area contributed by atoms with Crippen molar-refractivity contribution >= 4 is 14.0 Å². The zero-order valence-corrected chi connectivity index (χ0v) is 8.42. The van der Waals surface area contributed by atoms with Gasteiger partial charge in [-0.15, -0.1) is 0 Å². The van der Waals surface area contributed by atoms with Gasteiger partial charge in [-0.05, 0) is 6.42 Å². The quantitative estimate of drug-likeness (QED) is 0.522. The second-order valence-corrected chi connectivity index (χ2v) is 9.46. The van der Waals surface area contributed by atoms with E-state index in [1.54, 1.807) is 6.08 Å². The molecular weight excluding hydrogens is 156 g/mol. The highest BCUT2D eigenvalue weighted by Crippen LogP contribution is 2.10. The number of aliphatic carboxylic acids is 1. The standard InChI is InChI=1S/C8H16O2Si/c1-11(2,3)7-5-4-6-8(9)10/h4,6H,5,7H2,1-3H3,(H,9,10). The van der Waals surface area contributed by atoms with E-state index < -0.39 is 14.0 Å². The molecule has 0 saturated heterocycles. The van der Waals surface area contributed by atoms with E-state index in [4.69, 9.17) is 5.11 Å². The molecule has 3 heteroatoms. The van der Waals surface area contributed by atoms with Gasteiger partial charge in [-0.25, -0.2) is 4.79 Å². The highest BCUT2D eigenvalue weighted by molar-refractivity contribution is 6.76. The third kappa shape index (κ3) is 9.43. The highest BCUT2D eigenvalue weighted by atomic mass is 28.3. The lowest BCUT2D eigenvalue weighted by Gasteiger charge is -2.12. The zero-order chi connectivity index (χ0) is 8.91. The van der Waals surface area contributed by atoms with Gasteiger partial charge < -0.3 is 5.11 Å². The van der Waals surface area contributed by atoms with E-state index in [0.29, 0.717) is 0 Å². The molecule has 0 radical (unpaired) electrons. The van der Waals surface area contributed by atoms with Crippen molar-refractivity contribution in [3.8, 4) is 0 Å². The van der Waals surface area contributed by atoms with Crippen LogP contribution in [0.3, 0.4) is 0 Å². The monoisotopic (exact) mass is 172 g/mol. The number of carboxylic acids is 1. The minimum atomic E-state index is -0.973. The van der Waals surface area contributed by atoms with Gasteiger partial charge in [0.25, 0.3) is 0 Å². The Morgan fingerprint density at radius 3 is 2.36 bits per heavy atom. The first-order chi connectivity index (χ1) is 4.92. The maximum Gasteiger partial charge on any atom is 0.327 e. The molecule has 0 aromatic heterocycles. The first-order valence-electron chi connectivity index (χ1n) is 3.81. The molecule has 0 amide bonds. The van der Waals surface area contributed by atoms with Gasteiger partial charge in [0.05, 0.1) is 0 Å². The summed E-state index contributed by atoms with van der Waals surface area (Å²) in [4.78, 5) is 10.0. The van der Waals surface area contributed by atoms with Gasteiger partial charge in [-0.3, -0.25) is 0 Å². The predicted octanol–water partition coefficient (Wildman–Crippen LogP) is 2.36. The van der Waals surface area contributed by atoms with E-state index in [0.717, 1.165) is 12.5 Å². The fourth-order valence-electron chi connectivity index (χ4n) is 0.700. The Morgan fingerprint density at radius 2 is 2.00 bits per heavy atom. The molecule has 0 heterocycles. The number of allylic oxidation sites excluding steroid dienone is 1. The normalized spacial score (nSPS) is 12.3. The fourth-order valence-corrected chi connectivity index (χ4v) is 1.73. The molecule has 64 valence electrons. The molecular formula is C8H16O2Si. The van der Waals surface area contributed by atoms with Gasteiger partial charge in [-0.1, -0.05) is 31.8 Å². The van der Waals surface area contributed by atoms with E-state index in [1.165, 1.54) is 6.08 Å². The molecule has 0 atom stereocenters. The van der Waals surface area contributed by atoms with E-state index >= 15 is 0 Å². The molecule has 0 aliphatic rings. The zero-order valence-electron chi connectivity index (χ0n) is 7.42. The largest absolute Gasteiger partial charge is 0.478 e. The molecule has 11 heavy (non-hydrogen) atoms. The van der Waals surface area contributed by atoms with Crippen molar-refractivity contribution in [2.45, 2.75) is 32.1 Å². The summed E-state index contributed by atoms with van der Waals surface area (Å²) >= 11 is 0. The lowest BCUT2D eigenvalue weighted by molar-refractivity contribution is -0.131. The summed E-state index contributed by atoms with van der Waals surface area (Å²) in [5.74, 6) is -0.847. The third-order valence-corrected chi connectivity index (χ3v) is 3.11. The van der Waals surface area contributed by atoms with E-state index in [9.17, 15) is 4.79 Å². The van der Waals surface area contributed by atoms with Gasteiger partial charge >= 0.3 is 5.97 Å². The van der Waals surface area contributed by atoms with E-state index in [1.807, 2.05) is 0 Å². The van der Waals surface area contributed by atoms with Crippen LogP contribution in [0.5, 0.6) is 0 Å². The molecule has 0 saturated carbocycles. The Morgan fingerprint density at radius 1 is 1.45 bits per heavy atom. The molecule has 1 N–H and O–H groups in total. The first kappa shape index (κ1) is 10.4. The van der Waals surface area contributed by atoms with Gasteiger partial charge in [0, 0.05) is 14.1 Å². The number of rotatable bonds is 4. The molecule has 0 rings (SSSR count). The van der Waals surface area contributed by atoms with Crippen LogP contribution >= 0.6 is 0 Å². The summed E-state index contributed by atoms with van der Waals surface area (Å²) in [6.07, 6.45) is 3.86. The topological polar surface area (TPSA) is 37.3 Å². The number of carboxylic acid groups (broad SMARTS) is 1. The molecule has 0 aliphatic carbocycles. The molecule has 0 spiro atoms. The first-order valence-corrected chi connectivity index (χ1v) is 7.52. The number of hydrogen-bond donors (Lipinski definition) is 1. The summed E-state index contributed by atoms with van der Waals surface area (Å²) in [6.45, 7) is 6.84. The molecule has 0 aromatic carbocycles. The van der Waals surface area contributed by atoms with Crippen LogP contribution in [0.1, 0.15) is 6.42 Å². The van der Waals surface area contributed by atoms with Gasteiger partial charge in [0.1, 0.15) is 0 Å². The Kier molecular flexibility index (Phi) is 4.11. The number of hydrogen-bond acceptors (Lipinski definition) is 1. The van der Waals surface area contributed by atoms with Crippen LogP contribution in [0, 0.1) is 0 Å². The Bertz CT molecular complexity index is 156. The maximum absolute atomic E-state index is 10.0. The fraction of sp³-hybridized carbons (Fsp3) is 0.625. The summed E-state index contributed by atoms with van der Waals surface area (Å²) in [5, 5.41) is 8.27. The van der Waals surface area contributed by atoms with Gasteiger partial charge in [0.15, 0.2) is 0 Å². The van der Waals surface area contributed by atoms with E-state index in [2.05, 4.69) is 19.6 Å². The molecule has 2 nitrogen and oxygen atoms in total. The molecule has 0 aliphatic heterocycles. The summed E-state index contributed by atoms with van der Waals surface area (Å²) in [6, 6.07) is 1.16. The summed E-state index contributed by atoms with van der Waals surface area (Å²) in [5.41, 5.74) is 0. The van der Waals surface area contributed by atoms with Gasteiger partial charge in [-0.2, -0.15) is 0 Å². The van der Waals surface area contributed by atoms with Crippen molar-refractivity contribution in [1.82, 2.24) is 0 Å². The summed E-state index contributed by atoms with van der Waals surface area (Å²) < 4.78 is 0. The highest BCUT2D eigenvalue weighted by Gasteiger charge is 2.10. The predicted molar refractivity (Wildman–Crippen MR) is 49.5 cm³/mol. The lowest BCUT2D eigenvalue weighted by atomic mass is 10.4. The van der Waals surface area contributed by atoms with Crippen molar-refractivity contribution < 1.29 is 9.90 Å². The van der Waals surface area contributed by atoms with Gasteiger partial charge in [0.2, 0.25) is 0 Å². The van der Waals surface area contributed by atoms with E-state index in [-0.39, 0.29) is 0 Å². The van der Waals surface area contributed by atoms with Crippen LogP contribution in [0.25, 0.3) is 0 Å². The third-order valence-electron chi connectivity index (χ3n) is 1.32. The van der Waals surface area contributed by atoms with Crippen molar-refractivity contribution in [3.63, 3.8) is 0 Å². The molecule has 0 fully saturated rings. The average molecular weight is 172 g/mol. The average Bonchev–Trinajstić information content (AvgIpc) is 1.78. The lowest BCUT2D eigenvalue weighted by Crippen LogP contribution is -2.18. The minimum Gasteiger partial charge on any atom is -0.478 e. The summed E-state index contributed by atoms with van der Waals surface area (Å²) in [7, 11) is -0.973. The second-order valence-electron chi connectivity index (χ2n) is 3.84. The van der Waals surface area contributed by atoms with Crippen molar-refractivity contribution in [2.75, 3.05) is 0 Å². The van der Waals surface area contributed by atoms with Crippen molar-refractivity contribution in [1.29, 1.82) is 0 Å². The second kappa shape index (κ2) is 4.33. The smallest absolute Gasteiger partial charge is 0.327 e. The minimum absolute atomic E-state index is 0.847. The van der Waals surface area contributed by atoms with Crippen LogP contribution in [0.2, 0.25) is 25.7 Å². The van der Waals surface area contributed by atoms with Crippen molar-refractivity contribution in [2.24, 2.45) is 0 Å². The Balaban J connectivity index is 3.50. The van der Waals surface area contributed by atoms with Crippen LogP contribution in [0.15, 0.2) is 12.2 Å². The van der Waals surface area contributed by atoms with Crippen LogP contribution in [0.4, 0.5) is 0 Å². The Hall–Kier alpha value is -0.573. The number of carbonyl (C=O) groups is 1. The SMILES string of the molecule is C[Si](C)(C)CCC=CC(=O)O.